The fourth-order valence-corrected chi connectivity index (χ4v) is 3.64. The Labute approximate surface area is 113 Å². The van der Waals surface area contributed by atoms with Gasteiger partial charge < -0.3 is 10.0 Å². The number of hydrogen-bond acceptors (Lipinski definition) is 5. The predicted molar refractivity (Wildman–Crippen MR) is 68.1 cm³/mol. The van der Waals surface area contributed by atoms with Crippen molar-refractivity contribution in [2.45, 2.75) is 38.3 Å². The van der Waals surface area contributed by atoms with E-state index in [0.29, 0.717) is 17.4 Å². The van der Waals surface area contributed by atoms with Gasteiger partial charge in [0, 0.05) is 23.6 Å². The number of anilines is 1. The van der Waals surface area contributed by atoms with E-state index in [9.17, 15) is 9.59 Å². The molecule has 0 saturated carbocycles. The largest absolute Gasteiger partial charge is 0.481 e. The minimum Gasteiger partial charge on any atom is -0.481 e. The molecule has 1 aromatic heterocycles. The normalized spacial score (nSPS) is 28.7. The fourth-order valence-electron chi connectivity index (χ4n) is 3.07. The molecule has 2 amide bonds. The number of rotatable bonds is 2. The van der Waals surface area contributed by atoms with Crippen molar-refractivity contribution in [2.24, 2.45) is 5.92 Å². The van der Waals surface area contributed by atoms with Gasteiger partial charge in [-0.2, -0.15) is 4.37 Å². The number of aliphatic carboxylic acids is 1. The van der Waals surface area contributed by atoms with E-state index in [1.54, 1.807) is 11.8 Å². The van der Waals surface area contributed by atoms with Crippen LogP contribution in [-0.4, -0.2) is 43.4 Å². The van der Waals surface area contributed by atoms with Crippen molar-refractivity contribution >= 4 is 28.7 Å². The summed E-state index contributed by atoms with van der Waals surface area (Å²) in [5.41, 5.74) is 0. The molecule has 3 atom stereocenters. The van der Waals surface area contributed by atoms with Crippen LogP contribution in [0, 0.1) is 12.8 Å². The maximum atomic E-state index is 12.2. The van der Waals surface area contributed by atoms with Crippen LogP contribution in [0.5, 0.6) is 0 Å². The number of nitrogens with one attached hydrogen (secondary N) is 1. The molecule has 0 aliphatic carbocycles. The van der Waals surface area contributed by atoms with Crippen LogP contribution in [0.15, 0.2) is 0 Å². The first kappa shape index (κ1) is 12.3. The molecule has 2 aliphatic heterocycles. The molecule has 2 N–H and O–H groups in total. The summed E-state index contributed by atoms with van der Waals surface area (Å²) in [6, 6.07) is -0.399. The fraction of sp³-hybridized carbons (Fsp3) is 0.636. The number of carboxylic acids is 1. The van der Waals surface area contributed by atoms with Gasteiger partial charge in [-0.05, 0) is 26.2 Å². The molecule has 2 aliphatic rings. The topological polar surface area (TPSA) is 95.4 Å². The SMILES string of the molecule is Cc1nsc(NC(=O)N2C3CCC2C(C(=O)O)C3)n1. The first-order chi connectivity index (χ1) is 9.06. The van der Waals surface area contributed by atoms with E-state index >= 15 is 0 Å². The number of carbonyl (C=O) groups is 2. The highest BCUT2D eigenvalue weighted by Gasteiger charge is 2.51. The minimum atomic E-state index is -0.809. The molecule has 0 radical (unpaired) electrons. The number of aryl methyl sites for hydroxylation is 1. The number of amides is 2. The van der Waals surface area contributed by atoms with E-state index in [0.717, 1.165) is 24.4 Å². The molecule has 1 aromatic rings. The average Bonchev–Trinajstić information content (AvgIpc) is 3.02. The summed E-state index contributed by atoms with van der Waals surface area (Å²) in [6.07, 6.45) is 2.21. The zero-order valence-corrected chi connectivity index (χ0v) is 11.2. The van der Waals surface area contributed by atoms with Crippen molar-refractivity contribution in [1.29, 1.82) is 0 Å². The second-order valence-corrected chi connectivity index (χ2v) is 5.71. The molecule has 3 unspecified atom stereocenters. The summed E-state index contributed by atoms with van der Waals surface area (Å²) >= 11 is 1.13. The Bertz CT molecular complexity index is 532. The van der Waals surface area contributed by atoms with Crippen LogP contribution < -0.4 is 5.32 Å². The zero-order valence-electron chi connectivity index (χ0n) is 10.4. The second-order valence-electron chi connectivity index (χ2n) is 4.96. The Hall–Kier alpha value is -1.70. The maximum absolute atomic E-state index is 12.2. The van der Waals surface area contributed by atoms with Crippen molar-refractivity contribution in [3.63, 3.8) is 0 Å². The minimum absolute atomic E-state index is 0.0418. The molecule has 102 valence electrons. The lowest BCUT2D eigenvalue weighted by molar-refractivity contribution is -0.142. The average molecular weight is 282 g/mol. The van der Waals surface area contributed by atoms with Gasteiger partial charge in [-0.25, -0.2) is 9.78 Å². The Kier molecular flexibility index (Phi) is 2.89. The first-order valence-electron chi connectivity index (χ1n) is 6.18. The molecule has 2 saturated heterocycles. The lowest BCUT2D eigenvalue weighted by Crippen LogP contribution is -2.40. The molecular formula is C11H14N4O3S. The number of nitrogens with zero attached hydrogens (tertiary/aromatic N) is 3. The monoisotopic (exact) mass is 282 g/mol. The number of carboxylic acid groups (broad SMARTS) is 1. The van der Waals surface area contributed by atoms with E-state index in [2.05, 4.69) is 14.7 Å². The Balaban J connectivity index is 1.72. The second kappa shape index (κ2) is 4.44. The maximum Gasteiger partial charge on any atom is 0.324 e. The van der Waals surface area contributed by atoms with Gasteiger partial charge in [-0.3, -0.25) is 10.1 Å². The third-order valence-corrected chi connectivity index (χ3v) is 4.55. The van der Waals surface area contributed by atoms with Crippen LogP contribution in [0.25, 0.3) is 0 Å². The van der Waals surface area contributed by atoms with E-state index in [1.807, 2.05) is 0 Å². The van der Waals surface area contributed by atoms with Gasteiger partial charge >= 0.3 is 12.0 Å². The number of urea groups is 1. The number of carbonyl (C=O) groups excluding carboxylic acids is 1. The first-order valence-corrected chi connectivity index (χ1v) is 6.96. The summed E-state index contributed by atoms with van der Waals surface area (Å²) in [6.45, 7) is 1.76. The molecule has 3 rings (SSSR count). The lowest BCUT2D eigenvalue weighted by atomic mass is 9.89. The van der Waals surface area contributed by atoms with E-state index in [1.165, 1.54) is 0 Å². The molecule has 3 heterocycles. The highest BCUT2D eigenvalue weighted by molar-refractivity contribution is 7.09. The van der Waals surface area contributed by atoms with E-state index in [4.69, 9.17) is 5.11 Å². The Morgan fingerprint density at radius 3 is 2.84 bits per heavy atom. The Morgan fingerprint density at radius 1 is 1.47 bits per heavy atom. The highest BCUT2D eigenvalue weighted by Crippen LogP contribution is 2.42. The molecule has 8 heteroatoms. The summed E-state index contributed by atoms with van der Waals surface area (Å²) in [5.74, 6) is -0.620. The van der Waals surface area contributed by atoms with Gasteiger partial charge in [0.25, 0.3) is 0 Å². The van der Waals surface area contributed by atoms with Crippen molar-refractivity contribution in [3.8, 4) is 0 Å². The van der Waals surface area contributed by atoms with Crippen molar-refractivity contribution in [1.82, 2.24) is 14.3 Å². The molecule has 0 spiro atoms. The third kappa shape index (κ3) is 2.05. The molecule has 19 heavy (non-hydrogen) atoms. The van der Waals surface area contributed by atoms with Crippen LogP contribution in [0.1, 0.15) is 25.1 Å². The Morgan fingerprint density at radius 2 is 2.26 bits per heavy atom. The summed E-state index contributed by atoms with van der Waals surface area (Å²) < 4.78 is 4.00. The quantitative estimate of drug-likeness (QED) is 0.852. The third-order valence-electron chi connectivity index (χ3n) is 3.83. The van der Waals surface area contributed by atoms with E-state index < -0.39 is 11.9 Å². The van der Waals surface area contributed by atoms with Gasteiger partial charge in [0.05, 0.1) is 5.92 Å². The molecular weight excluding hydrogens is 268 g/mol. The van der Waals surface area contributed by atoms with Gasteiger partial charge in [0.1, 0.15) is 5.82 Å². The number of aromatic nitrogens is 2. The standard InChI is InChI=1S/C11H14N4O3S/c1-5-12-10(19-14-5)13-11(18)15-6-2-3-8(15)7(4-6)9(16)17/h6-8H,2-4H2,1H3,(H,16,17)(H,12,13,14,18). The van der Waals surface area contributed by atoms with Crippen molar-refractivity contribution < 1.29 is 14.7 Å². The van der Waals surface area contributed by atoms with Crippen LogP contribution >= 0.6 is 11.5 Å². The van der Waals surface area contributed by atoms with Gasteiger partial charge in [-0.1, -0.05) is 0 Å². The van der Waals surface area contributed by atoms with Crippen molar-refractivity contribution in [2.75, 3.05) is 5.32 Å². The summed E-state index contributed by atoms with van der Waals surface area (Å²) in [5, 5.41) is 12.3. The zero-order chi connectivity index (χ0) is 13.6. The van der Waals surface area contributed by atoms with Crippen LogP contribution in [0.4, 0.5) is 9.93 Å². The van der Waals surface area contributed by atoms with Crippen LogP contribution in [0.3, 0.4) is 0 Å². The number of hydrogen-bond donors (Lipinski definition) is 2. The van der Waals surface area contributed by atoms with Crippen LogP contribution in [-0.2, 0) is 4.79 Å². The van der Waals surface area contributed by atoms with Crippen LogP contribution in [0.2, 0.25) is 0 Å². The molecule has 2 bridgehead atoms. The number of fused-ring (bicyclic) bond motifs is 2. The van der Waals surface area contributed by atoms with Gasteiger partial charge in [-0.15, -0.1) is 0 Å². The molecule has 0 aromatic carbocycles. The molecule has 2 fully saturated rings. The smallest absolute Gasteiger partial charge is 0.324 e. The molecule has 7 nitrogen and oxygen atoms in total. The van der Waals surface area contributed by atoms with Crippen molar-refractivity contribution in [3.05, 3.63) is 5.82 Å². The van der Waals surface area contributed by atoms with Gasteiger partial charge in [0.15, 0.2) is 0 Å². The van der Waals surface area contributed by atoms with E-state index in [-0.39, 0.29) is 18.1 Å². The van der Waals surface area contributed by atoms with Gasteiger partial charge in [0.2, 0.25) is 5.13 Å². The summed E-state index contributed by atoms with van der Waals surface area (Å²) in [7, 11) is 0. The summed E-state index contributed by atoms with van der Waals surface area (Å²) in [4.78, 5) is 29.1. The highest BCUT2D eigenvalue weighted by atomic mass is 32.1. The predicted octanol–water partition coefficient (Wildman–Crippen LogP) is 1.32. The lowest BCUT2D eigenvalue weighted by Gasteiger charge is -2.22.